The second-order valence-electron chi connectivity index (χ2n) is 3.98. The number of hydrogen-bond donors (Lipinski definition) is 1. The van der Waals surface area contributed by atoms with Crippen LogP contribution in [0.15, 0.2) is 18.2 Å². The lowest BCUT2D eigenvalue weighted by Crippen LogP contribution is -2.26. The lowest BCUT2D eigenvalue weighted by atomic mass is 9.92. The molecule has 0 bridgehead atoms. The van der Waals surface area contributed by atoms with Crippen molar-refractivity contribution >= 4 is 6.29 Å². The van der Waals surface area contributed by atoms with Gasteiger partial charge in [-0.15, -0.1) is 0 Å². The molecule has 1 saturated carbocycles. The summed E-state index contributed by atoms with van der Waals surface area (Å²) in [6, 6.07) is 5.19. The summed E-state index contributed by atoms with van der Waals surface area (Å²) >= 11 is 0. The Morgan fingerprint density at radius 1 is 1.50 bits per heavy atom. The van der Waals surface area contributed by atoms with E-state index in [1.807, 2.05) is 0 Å². The van der Waals surface area contributed by atoms with Gasteiger partial charge in [0.1, 0.15) is 11.5 Å². The average molecular weight is 190 g/mol. The molecule has 1 aliphatic carbocycles. The standard InChI is InChI=1S/C11H10O3/c12-6-9-11(4-5-11)10-7(13)2-1-3-8(10)14-9/h1-3,6,9,13H,4-5H2. The normalized spacial score (nSPS) is 25.6. The Balaban J connectivity index is 2.20. The summed E-state index contributed by atoms with van der Waals surface area (Å²) in [6.07, 6.45) is 2.31. The van der Waals surface area contributed by atoms with E-state index < -0.39 is 6.10 Å². The molecule has 1 heterocycles. The Morgan fingerprint density at radius 3 is 2.93 bits per heavy atom. The van der Waals surface area contributed by atoms with Crippen LogP contribution in [0, 0.1) is 0 Å². The Bertz CT molecular complexity index is 407. The summed E-state index contributed by atoms with van der Waals surface area (Å²) in [5.74, 6) is 0.920. The van der Waals surface area contributed by atoms with Gasteiger partial charge in [0.25, 0.3) is 0 Å². The molecule has 1 spiro atoms. The van der Waals surface area contributed by atoms with E-state index in [0.717, 1.165) is 24.7 Å². The number of hydrogen-bond acceptors (Lipinski definition) is 3. The predicted octanol–water partition coefficient (Wildman–Crippen LogP) is 1.38. The van der Waals surface area contributed by atoms with Crippen molar-refractivity contribution in [1.82, 2.24) is 0 Å². The first-order valence-electron chi connectivity index (χ1n) is 4.72. The number of fused-ring (bicyclic) bond motifs is 2. The molecule has 0 aromatic heterocycles. The van der Waals surface area contributed by atoms with Gasteiger partial charge in [-0.3, -0.25) is 4.79 Å². The summed E-state index contributed by atoms with van der Waals surface area (Å²) in [4.78, 5) is 10.8. The zero-order chi connectivity index (χ0) is 9.76. The molecule has 1 atom stereocenters. The molecule has 2 aliphatic rings. The fourth-order valence-electron chi connectivity index (χ4n) is 2.34. The van der Waals surface area contributed by atoms with Crippen LogP contribution in [-0.4, -0.2) is 17.5 Å². The van der Waals surface area contributed by atoms with Crippen LogP contribution < -0.4 is 4.74 Å². The van der Waals surface area contributed by atoms with Crippen molar-refractivity contribution in [3.63, 3.8) is 0 Å². The van der Waals surface area contributed by atoms with Crippen LogP contribution >= 0.6 is 0 Å². The Kier molecular flexibility index (Phi) is 1.29. The van der Waals surface area contributed by atoms with E-state index in [4.69, 9.17) is 4.74 Å². The smallest absolute Gasteiger partial charge is 0.163 e. The quantitative estimate of drug-likeness (QED) is 0.680. The highest BCUT2D eigenvalue weighted by molar-refractivity contribution is 5.69. The maximum Gasteiger partial charge on any atom is 0.163 e. The van der Waals surface area contributed by atoms with Gasteiger partial charge < -0.3 is 9.84 Å². The summed E-state index contributed by atoms with van der Waals surface area (Å²) in [7, 11) is 0. The zero-order valence-corrected chi connectivity index (χ0v) is 7.56. The van der Waals surface area contributed by atoms with Crippen molar-refractivity contribution < 1.29 is 14.6 Å². The lowest BCUT2D eigenvalue weighted by Gasteiger charge is -2.10. The van der Waals surface area contributed by atoms with Gasteiger partial charge in [-0.25, -0.2) is 0 Å². The Hall–Kier alpha value is -1.51. The SMILES string of the molecule is O=CC1Oc2cccc(O)c2C12CC2. The van der Waals surface area contributed by atoms with E-state index in [-0.39, 0.29) is 11.2 Å². The molecule has 3 nitrogen and oxygen atoms in total. The largest absolute Gasteiger partial charge is 0.508 e. The van der Waals surface area contributed by atoms with E-state index in [1.54, 1.807) is 18.2 Å². The second kappa shape index (κ2) is 2.29. The molecule has 1 fully saturated rings. The topological polar surface area (TPSA) is 46.5 Å². The molecular formula is C11H10O3. The number of aromatic hydroxyl groups is 1. The van der Waals surface area contributed by atoms with E-state index in [0.29, 0.717) is 5.75 Å². The van der Waals surface area contributed by atoms with Crippen LogP contribution in [0.25, 0.3) is 0 Å². The molecule has 0 radical (unpaired) electrons. The van der Waals surface area contributed by atoms with E-state index >= 15 is 0 Å². The van der Waals surface area contributed by atoms with Gasteiger partial charge in [-0.2, -0.15) is 0 Å². The van der Waals surface area contributed by atoms with Crippen molar-refractivity contribution in [2.75, 3.05) is 0 Å². The lowest BCUT2D eigenvalue weighted by molar-refractivity contribution is -0.114. The Morgan fingerprint density at radius 2 is 2.29 bits per heavy atom. The van der Waals surface area contributed by atoms with Crippen molar-refractivity contribution in [3.8, 4) is 11.5 Å². The third-order valence-corrected chi connectivity index (χ3v) is 3.21. The highest BCUT2D eigenvalue weighted by Crippen LogP contribution is 2.60. The third-order valence-electron chi connectivity index (χ3n) is 3.21. The van der Waals surface area contributed by atoms with Gasteiger partial charge >= 0.3 is 0 Å². The molecule has 72 valence electrons. The van der Waals surface area contributed by atoms with Crippen LogP contribution in [0.4, 0.5) is 0 Å². The van der Waals surface area contributed by atoms with E-state index in [2.05, 4.69) is 0 Å². The van der Waals surface area contributed by atoms with Crippen LogP contribution in [0.5, 0.6) is 11.5 Å². The second-order valence-corrected chi connectivity index (χ2v) is 3.98. The fraction of sp³-hybridized carbons (Fsp3) is 0.364. The molecule has 14 heavy (non-hydrogen) atoms. The van der Waals surface area contributed by atoms with Crippen molar-refractivity contribution in [3.05, 3.63) is 23.8 Å². The van der Waals surface area contributed by atoms with Crippen LogP contribution in [0.1, 0.15) is 18.4 Å². The van der Waals surface area contributed by atoms with Gasteiger partial charge in [-0.05, 0) is 25.0 Å². The molecule has 1 aromatic carbocycles. The maximum absolute atomic E-state index is 10.8. The monoisotopic (exact) mass is 190 g/mol. The van der Waals surface area contributed by atoms with Crippen molar-refractivity contribution in [2.24, 2.45) is 0 Å². The van der Waals surface area contributed by atoms with Crippen LogP contribution in [0.2, 0.25) is 0 Å². The molecule has 1 aliphatic heterocycles. The molecule has 1 aromatic rings. The van der Waals surface area contributed by atoms with E-state index in [1.165, 1.54) is 0 Å². The number of phenolic OH excluding ortho intramolecular Hbond substituents is 1. The summed E-state index contributed by atoms with van der Waals surface area (Å²) in [5, 5.41) is 9.72. The molecule has 0 saturated heterocycles. The predicted molar refractivity (Wildman–Crippen MR) is 49.5 cm³/mol. The van der Waals surface area contributed by atoms with Gasteiger partial charge in [0.15, 0.2) is 12.4 Å². The summed E-state index contributed by atoms with van der Waals surface area (Å²) in [5.41, 5.74) is 0.625. The number of rotatable bonds is 1. The van der Waals surface area contributed by atoms with Crippen LogP contribution in [0.3, 0.4) is 0 Å². The molecule has 3 heteroatoms. The third kappa shape index (κ3) is 0.750. The number of carbonyl (C=O) groups excluding carboxylic acids is 1. The minimum Gasteiger partial charge on any atom is -0.508 e. The molecule has 1 N–H and O–H groups in total. The summed E-state index contributed by atoms with van der Waals surface area (Å²) < 4.78 is 5.49. The molecular weight excluding hydrogens is 180 g/mol. The minimum atomic E-state index is -0.397. The van der Waals surface area contributed by atoms with Gasteiger partial charge in [-0.1, -0.05) is 6.07 Å². The number of ether oxygens (including phenoxy) is 1. The number of aldehydes is 1. The molecule has 3 rings (SSSR count). The highest BCUT2D eigenvalue weighted by atomic mass is 16.5. The number of benzene rings is 1. The first-order chi connectivity index (χ1) is 6.78. The number of phenols is 1. The minimum absolute atomic E-state index is 0.206. The first-order valence-corrected chi connectivity index (χ1v) is 4.72. The Labute approximate surface area is 81.3 Å². The highest BCUT2D eigenvalue weighted by Gasteiger charge is 2.59. The zero-order valence-electron chi connectivity index (χ0n) is 7.56. The van der Waals surface area contributed by atoms with Gasteiger partial charge in [0.05, 0.1) is 0 Å². The summed E-state index contributed by atoms with van der Waals surface area (Å²) in [6.45, 7) is 0. The van der Waals surface area contributed by atoms with Gasteiger partial charge in [0.2, 0.25) is 0 Å². The van der Waals surface area contributed by atoms with Crippen molar-refractivity contribution in [2.45, 2.75) is 24.4 Å². The van der Waals surface area contributed by atoms with Gasteiger partial charge in [0, 0.05) is 11.0 Å². The van der Waals surface area contributed by atoms with Crippen LogP contribution in [-0.2, 0) is 10.2 Å². The molecule has 1 unspecified atom stereocenters. The number of carbonyl (C=O) groups is 1. The van der Waals surface area contributed by atoms with Crippen molar-refractivity contribution in [1.29, 1.82) is 0 Å². The molecule has 0 amide bonds. The maximum atomic E-state index is 10.8. The first kappa shape index (κ1) is 7.85. The average Bonchev–Trinajstić information content (AvgIpc) is 2.86. The van der Waals surface area contributed by atoms with E-state index in [9.17, 15) is 9.90 Å². The fourth-order valence-corrected chi connectivity index (χ4v) is 2.34.